The van der Waals surface area contributed by atoms with Crippen molar-refractivity contribution in [3.05, 3.63) is 28.7 Å². The van der Waals surface area contributed by atoms with Crippen LogP contribution >= 0.6 is 15.9 Å². The summed E-state index contributed by atoms with van der Waals surface area (Å²) in [5.41, 5.74) is 6.67. The molecule has 0 aromatic heterocycles. The number of para-hydroxylation sites is 1. The van der Waals surface area contributed by atoms with Crippen molar-refractivity contribution >= 4 is 27.5 Å². The van der Waals surface area contributed by atoms with Gasteiger partial charge in [0.2, 0.25) is 5.91 Å². The Morgan fingerprint density at radius 3 is 2.53 bits per heavy atom. The molecule has 3 nitrogen and oxygen atoms in total. The molecule has 3 N–H and O–H groups in total. The highest BCUT2D eigenvalue weighted by molar-refractivity contribution is 9.10. The van der Waals surface area contributed by atoms with Gasteiger partial charge in [0, 0.05) is 16.4 Å². The Labute approximate surface area is 110 Å². The molecule has 1 aromatic carbocycles. The smallest absolute Gasteiger partial charge is 0.227 e. The Hall–Kier alpha value is -0.870. The van der Waals surface area contributed by atoms with E-state index in [9.17, 15) is 4.79 Å². The van der Waals surface area contributed by atoms with E-state index < -0.39 is 0 Å². The van der Waals surface area contributed by atoms with Crippen LogP contribution in [0.3, 0.4) is 0 Å². The van der Waals surface area contributed by atoms with E-state index in [1.807, 2.05) is 24.3 Å². The van der Waals surface area contributed by atoms with Crippen LogP contribution < -0.4 is 11.1 Å². The van der Waals surface area contributed by atoms with E-state index in [4.69, 9.17) is 5.73 Å². The minimum absolute atomic E-state index is 0.113. The predicted molar refractivity (Wildman–Crippen MR) is 72.7 cm³/mol. The van der Waals surface area contributed by atoms with Crippen molar-refractivity contribution in [2.24, 2.45) is 11.7 Å². The van der Waals surface area contributed by atoms with Crippen LogP contribution in [0.25, 0.3) is 0 Å². The van der Waals surface area contributed by atoms with E-state index in [0.29, 0.717) is 0 Å². The third kappa shape index (κ3) is 3.30. The van der Waals surface area contributed by atoms with Gasteiger partial charge < -0.3 is 11.1 Å². The van der Waals surface area contributed by atoms with Gasteiger partial charge >= 0.3 is 0 Å². The molecule has 0 bridgehead atoms. The zero-order valence-electron chi connectivity index (χ0n) is 9.66. The topological polar surface area (TPSA) is 55.1 Å². The third-order valence-electron chi connectivity index (χ3n) is 3.27. The van der Waals surface area contributed by atoms with Gasteiger partial charge in [0.15, 0.2) is 0 Å². The van der Waals surface area contributed by atoms with E-state index in [1.54, 1.807) is 0 Å². The predicted octanol–water partition coefficient (Wildman–Crippen LogP) is 2.91. The molecule has 92 valence electrons. The lowest BCUT2D eigenvalue weighted by atomic mass is 9.86. The molecule has 0 radical (unpaired) electrons. The highest BCUT2D eigenvalue weighted by Gasteiger charge is 2.24. The SMILES string of the molecule is NC1CCC(C(=O)Nc2ccccc2Br)CC1. The summed E-state index contributed by atoms with van der Waals surface area (Å²) in [6, 6.07) is 7.95. The number of benzene rings is 1. The second-order valence-corrected chi connectivity index (χ2v) is 5.44. The van der Waals surface area contributed by atoms with Crippen molar-refractivity contribution in [2.75, 3.05) is 5.32 Å². The van der Waals surface area contributed by atoms with Gasteiger partial charge in [-0.1, -0.05) is 12.1 Å². The number of hydrogen-bond donors (Lipinski definition) is 2. The second-order valence-electron chi connectivity index (χ2n) is 4.58. The zero-order valence-corrected chi connectivity index (χ0v) is 11.2. The Morgan fingerprint density at radius 1 is 1.24 bits per heavy atom. The Morgan fingerprint density at radius 2 is 1.88 bits per heavy atom. The summed E-state index contributed by atoms with van der Waals surface area (Å²) in [4.78, 5) is 12.1. The highest BCUT2D eigenvalue weighted by Crippen LogP contribution is 2.26. The quantitative estimate of drug-likeness (QED) is 0.882. The Kier molecular flexibility index (Phi) is 4.18. The van der Waals surface area contributed by atoms with Crippen molar-refractivity contribution in [2.45, 2.75) is 31.7 Å². The lowest BCUT2D eigenvalue weighted by molar-refractivity contribution is -0.120. The molecule has 1 aliphatic carbocycles. The fourth-order valence-corrected chi connectivity index (χ4v) is 2.56. The van der Waals surface area contributed by atoms with Crippen LogP contribution in [-0.4, -0.2) is 11.9 Å². The maximum atomic E-state index is 12.1. The summed E-state index contributed by atoms with van der Waals surface area (Å²) in [5, 5.41) is 2.97. The summed E-state index contributed by atoms with van der Waals surface area (Å²) < 4.78 is 0.917. The number of hydrogen-bond acceptors (Lipinski definition) is 2. The summed E-state index contributed by atoms with van der Waals surface area (Å²) in [5.74, 6) is 0.228. The van der Waals surface area contributed by atoms with Crippen LogP contribution in [0.15, 0.2) is 28.7 Å². The van der Waals surface area contributed by atoms with Crippen LogP contribution in [0.4, 0.5) is 5.69 Å². The first kappa shape index (κ1) is 12.6. The molecule has 0 spiro atoms. The molecular weight excluding hydrogens is 280 g/mol. The normalized spacial score (nSPS) is 24.4. The number of nitrogens with two attached hydrogens (primary N) is 1. The van der Waals surface area contributed by atoms with E-state index in [-0.39, 0.29) is 17.9 Å². The lowest BCUT2D eigenvalue weighted by Crippen LogP contribution is -2.32. The van der Waals surface area contributed by atoms with Crippen molar-refractivity contribution < 1.29 is 4.79 Å². The van der Waals surface area contributed by atoms with Gasteiger partial charge in [-0.2, -0.15) is 0 Å². The standard InChI is InChI=1S/C13H17BrN2O/c14-11-3-1-2-4-12(11)16-13(17)9-5-7-10(15)8-6-9/h1-4,9-10H,5-8,15H2,(H,16,17). The first-order valence-electron chi connectivity index (χ1n) is 5.98. The molecule has 0 heterocycles. The number of carbonyl (C=O) groups excluding carboxylic acids is 1. The molecule has 1 aliphatic rings. The molecule has 0 saturated heterocycles. The van der Waals surface area contributed by atoms with Gasteiger partial charge in [-0.05, 0) is 53.7 Å². The molecule has 17 heavy (non-hydrogen) atoms. The monoisotopic (exact) mass is 296 g/mol. The molecular formula is C13H17BrN2O. The van der Waals surface area contributed by atoms with Gasteiger partial charge in [-0.25, -0.2) is 0 Å². The summed E-state index contributed by atoms with van der Waals surface area (Å²) in [6.07, 6.45) is 3.71. The average molecular weight is 297 g/mol. The van der Waals surface area contributed by atoms with Crippen molar-refractivity contribution in [3.63, 3.8) is 0 Å². The van der Waals surface area contributed by atoms with Crippen molar-refractivity contribution in [3.8, 4) is 0 Å². The minimum atomic E-state index is 0.113. The van der Waals surface area contributed by atoms with E-state index in [0.717, 1.165) is 35.8 Å². The van der Waals surface area contributed by atoms with Crippen molar-refractivity contribution in [1.29, 1.82) is 0 Å². The lowest BCUT2D eigenvalue weighted by Gasteiger charge is -2.25. The molecule has 2 rings (SSSR count). The van der Waals surface area contributed by atoms with Gasteiger partial charge in [0.1, 0.15) is 0 Å². The Bertz CT molecular complexity index is 400. The molecule has 1 aromatic rings. The van der Waals surface area contributed by atoms with Gasteiger partial charge in [0.25, 0.3) is 0 Å². The van der Waals surface area contributed by atoms with Crippen molar-refractivity contribution in [1.82, 2.24) is 0 Å². The summed E-state index contributed by atoms with van der Waals surface area (Å²) in [7, 11) is 0. The molecule has 1 fully saturated rings. The third-order valence-corrected chi connectivity index (χ3v) is 3.97. The number of halogens is 1. The molecule has 1 amide bonds. The first-order valence-corrected chi connectivity index (χ1v) is 6.77. The number of amides is 1. The van der Waals surface area contributed by atoms with Crippen LogP contribution in [0.1, 0.15) is 25.7 Å². The van der Waals surface area contributed by atoms with E-state index in [1.165, 1.54) is 0 Å². The molecule has 1 saturated carbocycles. The van der Waals surface area contributed by atoms with Gasteiger partial charge in [0.05, 0.1) is 5.69 Å². The molecule has 4 heteroatoms. The van der Waals surface area contributed by atoms with E-state index in [2.05, 4.69) is 21.2 Å². The number of carbonyl (C=O) groups is 1. The van der Waals surface area contributed by atoms with Gasteiger partial charge in [-0.15, -0.1) is 0 Å². The van der Waals surface area contributed by atoms with Gasteiger partial charge in [-0.3, -0.25) is 4.79 Å². The van der Waals surface area contributed by atoms with E-state index >= 15 is 0 Å². The number of nitrogens with one attached hydrogen (secondary N) is 1. The van der Waals surface area contributed by atoms with Crippen LogP contribution in [0.5, 0.6) is 0 Å². The molecule has 0 aliphatic heterocycles. The largest absolute Gasteiger partial charge is 0.328 e. The summed E-state index contributed by atoms with van der Waals surface area (Å²) in [6.45, 7) is 0. The fraction of sp³-hybridized carbons (Fsp3) is 0.462. The zero-order chi connectivity index (χ0) is 12.3. The number of rotatable bonds is 2. The maximum Gasteiger partial charge on any atom is 0.227 e. The average Bonchev–Trinajstić information content (AvgIpc) is 2.33. The summed E-state index contributed by atoms with van der Waals surface area (Å²) >= 11 is 3.42. The first-order chi connectivity index (χ1) is 8.16. The Balaban J connectivity index is 1.95. The number of anilines is 1. The molecule has 0 atom stereocenters. The minimum Gasteiger partial charge on any atom is -0.328 e. The fourth-order valence-electron chi connectivity index (χ4n) is 2.18. The van der Waals surface area contributed by atoms with Crippen LogP contribution in [0.2, 0.25) is 0 Å². The molecule has 0 unspecified atom stereocenters. The highest BCUT2D eigenvalue weighted by atomic mass is 79.9. The van der Waals surface area contributed by atoms with Crippen LogP contribution in [-0.2, 0) is 4.79 Å². The maximum absolute atomic E-state index is 12.1. The second kappa shape index (κ2) is 5.65. The van der Waals surface area contributed by atoms with Crippen LogP contribution in [0, 0.1) is 5.92 Å².